The number of nitrogens with one attached hydrogen (secondary N) is 4. The van der Waals surface area contributed by atoms with Crippen LogP contribution in [0.1, 0.15) is 66.6 Å². The fraction of sp³-hybridized carbons (Fsp3) is 0.562. The lowest BCUT2D eigenvalue weighted by Crippen LogP contribution is -2.72. The van der Waals surface area contributed by atoms with Crippen molar-refractivity contribution in [1.82, 2.24) is 20.9 Å². The van der Waals surface area contributed by atoms with Crippen molar-refractivity contribution in [2.45, 2.75) is 97.0 Å². The summed E-state index contributed by atoms with van der Waals surface area (Å²) in [6.45, 7) is 14.0. The number of amides is 3. The normalized spacial score (nSPS) is 17.4. The molecule has 2 heterocycles. The average Bonchev–Trinajstić information content (AvgIpc) is 3.41. The topological polar surface area (TPSA) is 199 Å². The first-order chi connectivity index (χ1) is 22.3. The van der Waals surface area contributed by atoms with E-state index in [1.54, 1.807) is 41.5 Å². The van der Waals surface area contributed by atoms with Gasteiger partial charge in [-0.05, 0) is 61.0 Å². The summed E-state index contributed by atoms with van der Waals surface area (Å²) >= 11 is 1.00. The molecule has 1 aliphatic rings. The second kappa shape index (κ2) is 16.3. The number of aliphatic hydroxyl groups is 1. The maximum absolute atomic E-state index is 13.5. The fourth-order valence-electron chi connectivity index (χ4n) is 3.97. The third kappa shape index (κ3) is 12.5. The minimum absolute atomic E-state index is 0.0107. The molecule has 3 atom stereocenters. The van der Waals surface area contributed by atoms with Crippen LogP contribution in [0.3, 0.4) is 0 Å². The van der Waals surface area contributed by atoms with Crippen molar-refractivity contribution in [2.75, 3.05) is 25.0 Å². The van der Waals surface area contributed by atoms with Gasteiger partial charge in [0.05, 0.1) is 25.4 Å². The van der Waals surface area contributed by atoms with Crippen LogP contribution in [0.5, 0.6) is 0 Å². The summed E-state index contributed by atoms with van der Waals surface area (Å²) in [7, 11) is 0. The molecule has 0 aliphatic carbocycles. The van der Waals surface area contributed by atoms with Crippen molar-refractivity contribution in [1.29, 1.82) is 0 Å². The first-order valence-corrected chi connectivity index (χ1v) is 16.3. The number of benzene rings is 1. The molecule has 0 saturated carbocycles. The number of oxime groups is 1. The molecule has 48 heavy (non-hydrogen) atoms. The van der Waals surface area contributed by atoms with Crippen LogP contribution >= 0.6 is 11.3 Å². The minimum Gasteiger partial charge on any atom is -0.457 e. The van der Waals surface area contributed by atoms with Crippen molar-refractivity contribution < 1.29 is 43.3 Å². The van der Waals surface area contributed by atoms with E-state index in [9.17, 15) is 24.3 Å². The summed E-state index contributed by atoms with van der Waals surface area (Å²) in [5.74, 6) is -1.97. The molecular weight excluding hydrogens is 644 g/mol. The van der Waals surface area contributed by atoms with Gasteiger partial charge >= 0.3 is 12.1 Å². The highest BCUT2D eigenvalue weighted by Gasteiger charge is 2.41. The molecule has 1 aliphatic heterocycles. The Hall–Kier alpha value is -4.12. The minimum atomic E-state index is -1.60. The van der Waals surface area contributed by atoms with Gasteiger partial charge in [-0.2, -0.15) is 0 Å². The molecule has 1 aromatic heterocycles. The SMILES string of the molecule is CC(C)(C)OC(=O)Nc1nc(/C(=N/OC(C)(C)C(=O)OC(C)(C)C)C(=O)N[C@@H]2C(=O)N[C@@H]2CNCC(O)COCc2ccccc2)cs1. The monoisotopic (exact) mass is 690 g/mol. The Balaban J connectivity index is 1.66. The van der Waals surface area contributed by atoms with Crippen LogP contribution in [0.15, 0.2) is 40.9 Å². The van der Waals surface area contributed by atoms with Crippen LogP contribution < -0.4 is 21.3 Å². The molecule has 5 N–H and O–H groups in total. The molecule has 2 aromatic rings. The van der Waals surface area contributed by atoms with E-state index >= 15 is 0 Å². The van der Waals surface area contributed by atoms with Crippen LogP contribution in [-0.4, -0.2) is 94.4 Å². The zero-order valence-corrected chi connectivity index (χ0v) is 29.4. The number of anilines is 1. The summed E-state index contributed by atoms with van der Waals surface area (Å²) in [5.41, 5.74) is -2.50. The van der Waals surface area contributed by atoms with Gasteiger partial charge in [0.2, 0.25) is 11.5 Å². The molecule has 264 valence electrons. The van der Waals surface area contributed by atoms with Gasteiger partial charge < -0.3 is 40.1 Å². The van der Waals surface area contributed by atoms with Crippen LogP contribution in [0.4, 0.5) is 9.93 Å². The van der Waals surface area contributed by atoms with E-state index in [-0.39, 0.29) is 36.2 Å². The molecule has 0 bridgehead atoms. The molecule has 3 amide bonds. The number of aliphatic hydroxyl groups excluding tert-OH is 1. The first kappa shape index (κ1) is 38.3. The number of nitrogens with zero attached hydrogens (tertiary/aromatic N) is 2. The van der Waals surface area contributed by atoms with Crippen LogP contribution in [0, 0.1) is 0 Å². The molecule has 0 radical (unpaired) electrons. The highest BCUT2D eigenvalue weighted by molar-refractivity contribution is 7.14. The number of ether oxygens (including phenoxy) is 3. The Bertz CT molecular complexity index is 1450. The molecule has 1 unspecified atom stereocenters. The molecule has 15 nitrogen and oxygen atoms in total. The summed E-state index contributed by atoms with van der Waals surface area (Å²) in [5, 5.41) is 26.8. The van der Waals surface area contributed by atoms with E-state index in [2.05, 4.69) is 31.4 Å². The highest BCUT2D eigenvalue weighted by atomic mass is 32.1. The number of hydrogen-bond donors (Lipinski definition) is 5. The molecule has 1 saturated heterocycles. The van der Waals surface area contributed by atoms with Gasteiger partial charge in [0.15, 0.2) is 10.8 Å². The second-order valence-electron chi connectivity index (χ2n) is 13.6. The van der Waals surface area contributed by atoms with E-state index in [1.165, 1.54) is 19.2 Å². The highest BCUT2D eigenvalue weighted by Crippen LogP contribution is 2.21. The summed E-state index contributed by atoms with van der Waals surface area (Å²) in [6.07, 6.45) is -1.54. The van der Waals surface area contributed by atoms with E-state index < -0.39 is 58.9 Å². The zero-order valence-electron chi connectivity index (χ0n) is 28.5. The number of β-lactam (4-membered cyclic amide) rings is 1. The van der Waals surface area contributed by atoms with Crippen molar-refractivity contribution >= 4 is 46.1 Å². The van der Waals surface area contributed by atoms with Crippen molar-refractivity contribution in [3.8, 4) is 0 Å². The van der Waals surface area contributed by atoms with E-state index in [4.69, 9.17) is 19.0 Å². The van der Waals surface area contributed by atoms with Crippen molar-refractivity contribution in [3.05, 3.63) is 47.0 Å². The maximum atomic E-state index is 13.5. The van der Waals surface area contributed by atoms with Gasteiger partial charge in [0, 0.05) is 18.5 Å². The third-order valence-corrected chi connectivity index (χ3v) is 7.05. The molecule has 16 heteroatoms. The summed E-state index contributed by atoms with van der Waals surface area (Å²) < 4.78 is 16.2. The van der Waals surface area contributed by atoms with Crippen LogP contribution in [0.2, 0.25) is 0 Å². The largest absolute Gasteiger partial charge is 0.457 e. The lowest BCUT2D eigenvalue weighted by atomic mass is 9.98. The molecular formula is C32H46N6O9S. The summed E-state index contributed by atoms with van der Waals surface area (Å²) in [6, 6.07) is 8.13. The number of esters is 1. The van der Waals surface area contributed by atoms with E-state index in [0.717, 1.165) is 16.9 Å². The number of carbonyl (C=O) groups is 4. The molecule has 1 fully saturated rings. The lowest BCUT2D eigenvalue weighted by Gasteiger charge is -2.37. The van der Waals surface area contributed by atoms with Gasteiger partial charge in [-0.1, -0.05) is 35.5 Å². The van der Waals surface area contributed by atoms with Crippen LogP contribution in [-0.2, 0) is 40.0 Å². The zero-order chi connectivity index (χ0) is 35.7. The Morgan fingerprint density at radius 2 is 1.71 bits per heavy atom. The summed E-state index contributed by atoms with van der Waals surface area (Å²) in [4.78, 5) is 60.8. The Labute approximate surface area is 284 Å². The Morgan fingerprint density at radius 3 is 2.33 bits per heavy atom. The third-order valence-electron chi connectivity index (χ3n) is 6.29. The number of thiazole rings is 1. The van der Waals surface area contributed by atoms with E-state index in [0.29, 0.717) is 6.61 Å². The fourth-order valence-corrected chi connectivity index (χ4v) is 4.65. The Morgan fingerprint density at radius 1 is 1.04 bits per heavy atom. The number of hydrogen-bond acceptors (Lipinski definition) is 13. The van der Waals surface area contributed by atoms with Gasteiger partial charge in [0.25, 0.3) is 5.91 Å². The Kier molecular flexibility index (Phi) is 13.0. The smallest absolute Gasteiger partial charge is 0.413 e. The maximum Gasteiger partial charge on any atom is 0.413 e. The molecule has 0 spiro atoms. The predicted molar refractivity (Wildman–Crippen MR) is 178 cm³/mol. The predicted octanol–water partition coefficient (Wildman–Crippen LogP) is 2.48. The number of carbonyl (C=O) groups excluding carboxylic acids is 4. The number of aromatic nitrogens is 1. The second-order valence-corrected chi connectivity index (χ2v) is 14.4. The van der Waals surface area contributed by atoms with Gasteiger partial charge in [0.1, 0.15) is 22.9 Å². The average molecular weight is 691 g/mol. The number of rotatable bonds is 15. The van der Waals surface area contributed by atoms with Gasteiger partial charge in [-0.15, -0.1) is 11.3 Å². The standard InChI is InChI=1S/C32H46N6O9S/c1-30(2,3)45-27(42)32(7,8)47-38-24(22-18-48-28(35-22)37-29(43)46-31(4,5)6)26(41)36-23-21(34-25(23)40)15-33-14-20(39)17-44-16-19-12-10-9-11-13-19/h9-13,18,20-21,23,33,39H,14-17H2,1-8H3,(H,34,40)(H,36,41)(H,35,37,43)/b38-24-/t20?,21-,23+/m1/s1. The molecule has 3 rings (SSSR count). The molecule has 1 aromatic carbocycles. The van der Waals surface area contributed by atoms with Crippen LogP contribution in [0.25, 0.3) is 0 Å². The first-order valence-electron chi connectivity index (χ1n) is 15.4. The van der Waals surface area contributed by atoms with Gasteiger partial charge in [-0.25, -0.2) is 14.6 Å². The van der Waals surface area contributed by atoms with Crippen molar-refractivity contribution in [3.63, 3.8) is 0 Å². The lowest BCUT2D eigenvalue weighted by molar-refractivity contribution is -0.179. The quantitative estimate of drug-likeness (QED) is 0.0796. The van der Waals surface area contributed by atoms with E-state index in [1.807, 2.05) is 30.3 Å². The van der Waals surface area contributed by atoms with Gasteiger partial charge in [-0.3, -0.25) is 14.9 Å². The van der Waals surface area contributed by atoms with Crippen molar-refractivity contribution in [2.24, 2.45) is 5.16 Å².